The monoisotopic (exact) mass is 591 g/mol. The lowest BCUT2D eigenvalue weighted by molar-refractivity contribution is -0.140. The zero-order chi connectivity index (χ0) is 29.9. The van der Waals surface area contributed by atoms with Crippen molar-refractivity contribution in [1.29, 1.82) is 0 Å². The first-order chi connectivity index (χ1) is 20.9. The average Bonchev–Trinajstić information content (AvgIpc) is 3.49. The van der Waals surface area contributed by atoms with Crippen LogP contribution >= 0.6 is 0 Å². The molecule has 2 saturated heterocycles. The number of nitrogens with zero attached hydrogens (tertiary/aromatic N) is 2. The zero-order valence-electron chi connectivity index (χ0n) is 25.1. The first-order valence-corrected chi connectivity index (χ1v) is 15.4. The average molecular weight is 592 g/mol. The van der Waals surface area contributed by atoms with Gasteiger partial charge < -0.3 is 34.1 Å². The van der Waals surface area contributed by atoms with E-state index in [1.165, 1.54) is 0 Å². The maximum atomic E-state index is 13.8. The van der Waals surface area contributed by atoms with Crippen LogP contribution in [0.3, 0.4) is 0 Å². The van der Waals surface area contributed by atoms with E-state index in [1.807, 2.05) is 11.0 Å². The minimum atomic E-state index is -0.0235. The summed E-state index contributed by atoms with van der Waals surface area (Å²) in [5.74, 6) is 3.10. The fourth-order valence-corrected chi connectivity index (χ4v) is 7.28. The summed E-state index contributed by atoms with van der Waals surface area (Å²) in [6.45, 7) is 2.57. The second-order valence-electron chi connectivity index (χ2n) is 12.1. The van der Waals surface area contributed by atoms with E-state index >= 15 is 0 Å². The number of benzene rings is 2. The van der Waals surface area contributed by atoms with E-state index in [1.54, 1.807) is 32.4 Å². The topological polar surface area (TPSA) is 107 Å². The van der Waals surface area contributed by atoms with E-state index in [2.05, 4.69) is 16.3 Å². The Bertz CT molecular complexity index is 1380. The second-order valence-corrected chi connectivity index (χ2v) is 12.1. The van der Waals surface area contributed by atoms with Crippen molar-refractivity contribution in [3.63, 3.8) is 0 Å². The quantitative estimate of drug-likeness (QED) is 0.582. The number of aryl methyl sites for hydroxylation is 2. The summed E-state index contributed by atoms with van der Waals surface area (Å²) in [5.41, 5.74) is 2.63. The fourth-order valence-electron chi connectivity index (χ4n) is 7.28. The number of carbonyl (C=O) groups is 3. The van der Waals surface area contributed by atoms with Gasteiger partial charge in [-0.25, -0.2) is 0 Å². The Balaban J connectivity index is 1.21. The van der Waals surface area contributed by atoms with E-state index < -0.39 is 0 Å². The van der Waals surface area contributed by atoms with Crippen LogP contribution in [-0.4, -0.2) is 80.8 Å². The molecule has 230 valence electrons. The molecular formula is C33H41N3O7. The van der Waals surface area contributed by atoms with Crippen molar-refractivity contribution >= 4 is 17.7 Å². The molecule has 2 fully saturated rings. The third kappa shape index (κ3) is 6.24. The summed E-state index contributed by atoms with van der Waals surface area (Å²) < 4.78 is 22.2. The molecule has 0 saturated carbocycles. The summed E-state index contributed by atoms with van der Waals surface area (Å²) in [6, 6.07) is 9.38. The second kappa shape index (κ2) is 12.7. The molecule has 0 radical (unpaired) electrons. The molecule has 10 nitrogen and oxygen atoms in total. The van der Waals surface area contributed by atoms with Gasteiger partial charge in [-0.2, -0.15) is 0 Å². The van der Waals surface area contributed by atoms with Crippen molar-refractivity contribution in [3.8, 4) is 23.0 Å². The lowest BCUT2D eigenvalue weighted by atomic mass is 9.77. The molecule has 2 aromatic carbocycles. The Labute approximate surface area is 252 Å². The first-order valence-electron chi connectivity index (χ1n) is 15.4. The highest BCUT2D eigenvalue weighted by Gasteiger charge is 2.43. The molecule has 4 aliphatic heterocycles. The molecule has 0 aromatic heterocycles. The van der Waals surface area contributed by atoms with Gasteiger partial charge in [-0.15, -0.1) is 0 Å². The molecule has 0 unspecified atom stereocenters. The Morgan fingerprint density at radius 1 is 0.930 bits per heavy atom. The van der Waals surface area contributed by atoms with E-state index in [4.69, 9.17) is 18.9 Å². The lowest BCUT2D eigenvalue weighted by Crippen LogP contribution is -2.60. The van der Waals surface area contributed by atoms with E-state index in [9.17, 15) is 14.4 Å². The van der Waals surface area contributed by atoms with Crippen molar-refractivity contribution in [3.05, 3.63) is 47.0 Å². The fraction of sp³-hybridized carbons (Fsp3) is 0.545. The third-order valence-corrected chi connectivity index (χ3v) is 9.29. The van der Waals surface area contributed by atoms with Gasteiger partial charge in [0.05, 0.1) is 14.2 Å². The van der Waals surface area contributed by atoms with Crippen LogP contribution in [0, 0.1) is 11.8 Å². The van der Waals surface area contributed by atoms with Crippen LogP contribution in [-0.2, 0) is 22.4 Å². The molecule has 4 bridgehead atoms. The largest absolute Gasteiger partial charge is 0.493 e. The summed E-state index contributed by atoms with van der Waals surface area (Å²) in [4.78, 5) is 44.1. The predicted octanol–water partition coefficient (Wildman–Crippen LogP) is 3.59. The molecule has 0 aliphatic carbocycles. The molecule has 43 heavy (non-hydrogen) atoms. The molecule has 6 rings (SSSR count). The molecule has 4 aliphatic rings. The number of ether oxygens (including phenoxy) is 4. The van der Waals surface area contributed by atoms with Crippen LogP contribution < -0.4 is 24.3 Å². The number of fused-ring (bicyclic) bond motifs is 7. The van der Waals surface area contributed by atoms with Gasteiger partial charge in [0.25, 0.3) is 5.91 Å². The Hall–Kier alpha value is -3.95. The molecule has 2 aromatic rings. The number of amides is 3. The van der Waals surface area contributed by atoms with Crippen LogP contribution in [0.25, 0.3) is 0 Å². The molecule has 10 heteroatoms. The summed E-state index contributed by atoms with van der Waals surface area (Å²) in [6.07, 6.45) is 5.35. The highest BCUT2D eigenvalue weighted by atomic mass is 16.7. The summed E-state index contributed by atoms with van der Waals surface area (Å²) in [7, 11) is 3.26. The van der Waals surface area contributed by atoms with E-state index in [0.717, 1.165) is 36.8 Å². The van der Waals surface area contributed by atoms with Crippen molar-refractivity contribution in [1.82, 2.24) is 15.1 Å². The molecular weight excluding hydrogens is 550 g/mol. The minimum Gasteiger partial charge on any atom is -0.493 e. The SMILES string of the molecule is COc1cc2cc(c1OC)CCCNC(=O)CCC[C@H]1[C@H]3C[C@@H](CN(C(=O)c4ccc5c(c4)OCO5)C3)CN1C(=O)CC2. The van der Waals surface area contributed by atoms with Crippen LogP contribution in [0.1, 0.15) is 60.0 Å². The highest BCUT2D eigenvalue weighted by Crippen LogP contribution is 2.38. The predicted molar refractivity (Wildman–Crippen MR) is 159 cm³/mol. The minimum absolute atomic E-state index is 0.0159. The van der Waals surface area contributed by atoms with E-state index in [-0.39, 0.29) is 42.4 Å². The van der Waals surface area contributed by atoms with Gasteiger partial charge in [0.15, 0.2) is 23.0 Å². The number of nitrogens with one attached hydrogen (secondary N) is 1. The van der Waals surface area contributed by atoms with Crippen LogP contribution in [0.15, 0.2) is 30.3 Å². The van der Waals surface area contributed by atoms with Gasteiger partial charge in [-0.1, -0.05) is 6.07 Å². The maximum absolute atomic E-state index is 13.8. The van der Waals surface area contributed by atoms with Crippen LogP contribution in [0.2, 0.25) is 0 Å². The molecule has 0 spiro atoms. The number of likely N-dealkylation sites (tertiary alicyclic amines) is 1. The van der Waals surface area contributed by atoms with E-state index in [0.29, 0.717) is 80.4 Å². The number of hydrogen-bond donors (Lipinski definition) is 1. The number of hydrogen-bond acceptors (Lipinski definition) is 7. The van der Waals surface area contributed by atoms with Crippen molar-refractivity contribution in [2.45, 2.75) is 57.4 Å². The molecule has 4 heterocycles. The van der Waals surface area contributed by atoms with Crippen molar-refractivity contribution in [2.24, 2.45) is 11.8 Å². The number of carbonyl (C=O) groups excluding carboxylic acids is 3. The maximum Gasteiger partial charge on any atom is 0.254 e. The molecule has 3 atom stereocenters. The Morgan fingerprint density at radius 3 is 2.63 bits per heavy atom. The molecule has 1 N–H and O–H groups in total. The highest BCUT2D eigenvalue weighted by molar-refractivity contribution is 5.95. The Kier molecular flexibility index (Phi) is 8.63. The van der Waals surface area contributed by atoms with Crippen molar-refractivity contribution in [2.75, 3.05) is 47.2 Å². The van der Waals surface area contributed by atoms with Crippen LogP contribution in [0.4, 0.5) is 0 Å². The zero-order valence-corrected chi connectivity index (χ0v) is 25.1. The summed E-state index contributed by atoms with van der Waals surface area (Å²) in [5, 5.41) is 3.06. The normalized spacial score (nSPS) is 24.2. The van der Waals surface area contributed by atoms with Gasteiger partial charge in [0.2, 0.25) is 18.6 Å². The third-order valence-electron chi connectivity index (χ3n) is 9.29. The van der Waals surface area contributed by atoms with Crippen molar-refractivity contribution < 1.29 is 33.3 Å². The Morgan fingerprint density at radius 2 is 1.79 bits per heavy atom. The first kappa shape index (κ1) is 29.1. The van der Waals surface area contributed by atoms with Crippen LogP contribution in [0.5, 0.6) is 23.0 Å². The lowest BCUT2D eigenvalue weighted by Gasteiger charge is -2.51. The smallest absolute Gasteiger partial charge is 0.254 e. The summed E-state index contributed by atoms with van der Waals surface area (Å²) >= 11 is 0. The molecule has 3 amide bonds. The van der Waals surface area contributed by atoms with Gasteiger partial charge in [-0.3, -0.25) is 14.4 Å². The number of methoxy groups -OCH3 is 2. The van der Waals surface area contributed by atoms with Gasteiger partial charge in [0.1, 0.15) is 0 Å². The number of rotatable bonds is 3. The van der Waals surface area contributed by atoms with Gasteiger partial charge >= 0.3 is 0 Å². The number of piperidine rings is 2. The van der Waals surface area contributed by atoms with Gasteiger partial charge in [0, 0.05) is 50.6 Å². The van der Waals surface area contributed by atoms with Gasteiger partial charge in [-0.05, 0) is 85.8 Å². The standard InChI is InChI=1S/C33H41N3O7/c1-40-29-15-21-8-11-31(38)36-18-22-14-25(19-35(17-22)33(39)24-9-10-27-28(16-24)43-20-42-27)26(36)6-3-7-30(37)34-12-4-5-23(13-21)32(29)41-2/h9-10,13,15-16,22,25-26H,3-8,11-12,14,17-20H2,1-2H3,(H,34,37)/t22-,25-,26-/m0/s1.